The van der Waals surface area contributed by atoms with E-state index in [1.165, 1.54) is 12.1 Å². The molecule has 0 aliphatic carbocycles. The zero-order valence-corrected chi connectivity index (χ0v) is 10.2. The fourth-order valence-corrected chi connectivity index (χ4v) is 2.00. The minimum atomic E-state index is -0.273. The summed E-state index contributed by atoms with van der Waals surface area (Å²) in [7, 11) is 0. The zero-order valence-electron chi connectivity index (χ0n) is 10.2. The second-order valence-corrected chi connectivity index (χ2v) is 4.30. The zero-order chi connectivity index (χ0) is 13.1. The molecule has 0 unspecified atom stereocenters. The summed E-state index contributed by atoms with van der Waals surface area (Å²) in [6.45, 7) is 2.08. The Morgan fingerprint density at radius 1 is 1.33 bits per heavy atom. The number of hydrogen-bond donors (Lipinski definition) is 2. The van der Waals surface area contributed by atoms with Crippen molar-refractivity contribution >= 4 is 0 Å². The lowest BCUT2D eigenvalue weighted by Crippen LogP contribution is -2.19. The average Bonchev–Trinajstić information content (AvgIpc) is 2.28. The van der Waals surface area contributed by atoms with Crippen LogP contribution in [0.25, 0.3) is 0 Å². The molecule has 2 rings (SSSR count). The number of rotatable bonds is 3. The summed E-state index contributed by atoms with van der Waals surface area (Å²) < 4.78 is 13.1. The summed E-state index contributed by atoms with van der Waals surface area (Å²) in [6.07, 6.45) is 0.499. The second-order valence-electron chi connectivity index (χ2n) is 4.30. The van der Waals surface area contributed by atoms with Crippen molar-refractivity contribution in [2.45, 2.75) is 19.9 Å². The van der Waals surface area contributed by atoms with E-state index in [9.17, 15) is 9.18 Å². The molecule has 4 heteroatoms. The molecule has 0 bridgehead atoms. The summed E-state index contributed by atoms with van der Waals surface area (Å²) in [5.74, 6) is -0.273. The summed E-state index contributed by atoms with van der Waals surface area (Å²) in [6, 6.07) is 8.23. The monoisotopic (exact) mass is 246 g/mol. The third-order valence-electron chi connectivity index (χ3n) is 2.90. The third-order valence-corrected chi connectivity index (χ3v) is 2.90. The molecule has 0 aliphatic rings. The number of aromatic amines is 1. The first-order chi connectivity index (χ1) is 8.60. The van der Waals surface area contributed by atoms with Gasteiger partial charge >= 0.3 is 0 Å². The lowest BCUT2D eigenvalue weighted by molar-refractivity contribution is 0.626. The molecular weight excluding hydrogens is 231 g/mol. The number of benzene rings is 1. The summed E-state index contributed by atoms with van der Waals surface area (Å²) >= 11 is 0. The lowest BCUT2D eigenvalue weighted by Gasteiger charge is -2.06. The number of halogens is 1. The van der Waals surface area contributed by atoms with E-state index < -0.39 is 0 Å². The molecule has 0 amide bonds. The van der Waals surface area contributed by atoms with Gasteiger partial charge in [0, 0.05) is 24.2 Å². The van der Waals surface area contributed by atoms with Gasteiger partial charge < -0.3 is 10.7 Å². The van der Waals surface area contributed by atoms with Gasteiger partial charge in [0.1, 0.15) is 5.82 Å². The molecule has 0 saturated carbocycles. The molecule has 1 aromatic heterocycles. The first kappa shape index (κ1) is 12.5. The van der Waals surface area contributed by atoms with Crippen molar-refractivity contribution in [3.8, 4) is 0 Å². The second kappa shape index (κ2) is 5.14. The highest BCUT2D eigenvalue weighted by Crippen LogP contribution is 2.10. The van der Waals surface area contributed by atoms with E-state index in [0.29, 0.717) is 12.0 Å². The minimum absolute atomic E-state index is 0.163. The van der Waals surface area contributed by atoms with Crippen LogP contribution in [0.4, 0.5) is 4.39 Å². The molecule has 0 saturated heterocycles. The van der Waals surface area contributed by atoms with Gasteiger partial charge in [0.25, 0.3) is 5.56 Å². The predicted octanol–water partition coefficient (Wildman–Crippen LogP) is 1.87. The van der Waals surface area contributed by atoms with Crippen LogP contribution in [0.2, 0.25) is 0 Å². The SMILES string of the molecule is Cc1cc(Cc2cccc(F)c2)[nH]c(=O)c1CN. The van der Waals surface area contributed by atoms with Gasteiger partial charge in [-0.3, -0.25) is 4.79 Å². The average molecular weight is 246 g/mol. The predicted molar refractivity (Wildman–Crippen MR) is 68.9 cm³/mol. The molecule has 2 aromatic rings. The van der Waals surface area contributed by atoms with Crippen molar-refractivity contribution in [1.82, 2.24) is 4.98 Å². The Hall–Kier alpha value is -1.94. The van der Waals surface area contributed by atoms with Crippen LogP contribution in [-0.4, -0.2) is 4.98 Å². The van der Waals surface area contributed by atoms with Gasteiger partial charge in [-0.15, -0.1) is 0 Å². The van der Waals surface area contributed by atoms with Gasteiger partial charge in [-0.2, -0.15) is 0 Å². The number of hydrogen-bond acceptors (Lipinski definition) is 2. The highest BCUT2D eigenvalue weighted by Gasteiger charge is 2.05. The van der Waals surface area contributed by atoms with Crippen LogP contribution >= 0.6 is 0 Å². The van der Waals surface area contributed by atoms with E-state index in [4.69, 9.17) is 5.73 Å². The fraction of sp³-hybridized carbons (Fsp3) is 0.214. The topological polar surface area (TPSA) is 58.9 Å². The molecule has 3 N–H and O–H groups in total. The van der Waals surface area contributed by atoms with Crippen LogP contribution in [0.5, 0.6) is 0 Å². The van der Waals surface area contributed by atoms with Crippen LogP contribution in [0, 0.1) is 12.7 Å². The largest absolute Gasteiger partial charge is 0.326 e. The summed E-state index contributed by atoms with van der Waals surface area (Å²) in [5.41, 5.74) is 8.39. The first-order valence-electron chi connectivity index (χ1n) is 5.76. The standard InChI is InChI=1S/C14H15FN2O/c1-9-5-12(17-14(18)13(9)8-16)7-10-3-2-4-11(15)6-10/h2-6H,7-8,16H2,1H3,(H,17,18). The van der Waals surface area contributed by atoms with Crippen LogP contribution in [0.1, 0.15) is 22.4 Å². The number of nitrogens with one attached hydrogen (secondary N) is 1. The quantitative estimate of drug-likeness (QED) is 0.868. The Labute approximate surface area is 104 Å². The van der Waals surface area contributed by atoms with Crippen molar-refractivity contribution in [3.05, 3.63) is 68.9 Å². The Kier molecular flexibility index (Phi) is 3.58. The van der Waals surface area contributed by atoms with E-state index in [0.717, 1.165) is 16.8 Å². The summed E-state index contributed by atoms with van der Waals surface area (Å²) in [5, 5.41) is 0. The maximum atomic E-state index is 13.1. The van der Waals surface area contributed by atoms with Crippen LogP contribution in [-0.2, 0) is 13.0 Å². The van der Waals surface area contributed by atoms with Crippen LogP contribution in [0.3, 0.4) is 0 Å². The molecule has 0 spiro atoms. The number of aryl methyl sites for hydroxylation is 1. The van der Waals surface area contributed by atoms with Crippen molar-refractivity contribution in [2.24, 2.45) is 5.73 Å². The molecule has 94 valence electrons. The van der Waals surface area contributed by atoms with Gasteiger partial charge in [0.15, 0.2) is 0 Å². The molecular formula is C14H15FN2O. The van der Waals surface area contributed by atoms with Gasteiger partial charge in [-0.05, 0) is 36.2 Å². The van der Waals surface area contributed by atoms with E-state index in [1.54, 1.807) is 6.07 Å². The smallest absolute Gasteiger partial charge is 0.252 e. The number of pyridine rings is 1. The molecule has 1 heterocycles. The number of aromatic nitrogens is 1. The van der Waals surface area contributed by atoms with Crippen LogP contribution in [0.15, 0.2) is 35.1 Å². The number of H-pyrrole nitrogens is 1. The van der Waals surface area contributed by atoms with Crippen molar-refractivity contribution in [3.63, 3.8) is 0 Å². The van der Waals surface area contributed by atoms with E-state index >= 15 is 0 Å². The van der Waals surface area contributed by atoms with Crippen molar-refractivity contribution < 1.29 is 4.39 Å². The van der Waals surface area contributed by atoms with Crippen LogP contribution < -0.4 is 11.3 Å². The molecule has 0 fully saturated rings. The maximum Gasteiger partial charge on any atom is 0.252 e. The Bertz CT molecular complexity index is 619. The molecule has 3 nitrogen and oxygen atoms in total. The fourth-order valence-electron chi connectivity index (χ4n) is 2.00. The van der Waals surface area contributed by atoms with Crippen molar-refractivity contribution in [2.75, 3.05) is 0 Å². The highest BCUT2D eigenvalue weighted by atomic mass is 19.1. The first-order valence-corrected chi connectivity index (χ1v) is 5.76. The van der Waals surface area contributed by atoms with Crippen molar-refractivity contribution in [1.29, 1.82) is 0 Å². The molecule has 18 heavy (non-hydrogen) atoms. The molecule has 0 atom stereocenters. The molecule has 1 aromatic carbocycles. The van der Waals surface area contributed by atoms with Gasteiger partial charge in [-0.25, -0.2) is 4.39 Å². The molecule has 0 aliphatic heterocycles. The lowest BCUT2D eigenvalue weighted by atomic mass is 10.1. The Morgan fingerprint density at radius 3 is 2.72 bits per heavy atom. The minimum Gasteiger partial charge on any atom is -0.326 e. The number of nitrogens with two attached hydrogens (primary N) is 1. The molecule has 0 radical (unpaired) electrons. The summed E-state index contributed by atoms with van der Waals surface area (Å²) in [4.78, 5) is 14.5. The normalized spacial score (nSPS) is 10.6. The van der Waals surface area contributed by atoms with E-state index in [2.05, 4.69) is 4.98 Å². The van der Waals surface area contributed by atoms with E-state index in [-0.39, 0.29) is 17.9 Å². The Morgan fingerprint density at radius 2 is 2.11 bits per heavy atom. The highest BCUT2D eigenvalue weighted by molar-refractivity contribution is 5.29. The van der Waals surface area contributed by atoms with Gasteiger partial charge in [0.05, 0.1) is 0 Å². The maximum absolute atomic E-state index is 13.1. The van der Waals surface area contributed by atoms with Gasteiger partial charge in [0.2, 0.25) is 0 Å². The Balaban J connectivity index is 2.33. The van der Waals surface area contributed by atoms with Gasteiger partial charge in [-0.1, -0.05) is 12.1 Å². The van der Waals surface area contributed by atoms with E-state index in [1.807, 2.05) is 19.1 Å². The third kappa shape index (κ3) is 2.65.